The standard InChI is InChI=1S/C24H18N6O5S3/c1-35-23(32)21-28-30(13-6-8-14(9-7-13)38(25,33)34)24-27-20-19(22(31)29(21)24)15(17-4-2-10-36-17)12-16(26-20)18-5-3-11-37-18/h2-12,21,28H,1H3,(H2,25,33,34). The van der Waals surface area contributed by atoms with E-state index in [0.717, 1.165) is 9.75 Å². The Morgan fingerprint density at radius 3 is 2.34 bits per heavy atom. The summed E-state index contributed by atoms with van der Waals surface area (Å²) in [5.74, 6) is -0.617. The van der Waals surface area contributed by atoms with E-state index in [1.807, 2.05) is 41.1 Å². The number of rotatable bonds is 5. The predicted octanol–water partition coefficient (Wildman–Crippen LogP) is 3.22. The number of esters is 1. The lowest BCUT2D eigenvalue weighted by atomic mass is 10.1. The topological polar surface area (TPSA) is 150 Å². The van der Waals surface area contributed by atoms with Gasteiger partial charge in [-0.2, -0.15) is 10.4 Å². The molecule has 11 nitrogen and oxygen atoms in total. The van der Waals surface area contributed by atoms with Gasteiger partial charge < -0.3 is 4.74 Å². The van der Waals surface area contributed by atoms with Crippen LogP contribution in [0.1, 0.15) is 6.17 Å². The number of anilines is 2. The van der Waals surface area contributed by atoms with E-state index in [0.29, 0.717) is 16.9 Å². The van der Waals surface area contributed by atoms with Crippen LogP contribution in [0.5, 0.6) is 0 Å². The van der Waals surface area contributed by atoms with Gasteiger partial charge in [-0.25, -0.2) is 32.9 Å². The van der Waals surface area contributed by atoms with Crippen LogP contribution in [0.4, 0.5) is 11.6 Å². The van der Waals surface area contributed by atoms with Crippen LogP contribution in [0.2, 0.25) is 0 Å². The van der Waals surface area contributed by atoms with E-state index >= 15 is 0 Å². The van der Waals surface area contributed by atoms with Gasteiger partial charge in [0, 0.05) is 10.4 Å². The molecule has 0 aliphatic carbocycles. The molecule has 4 aromatic heterocycles. The smallest absolute Gasteiger partial charge is 0.345 e. The van der Waals surface area contributed by atoms with Gasteiger partial charge in [0.2, 0.25) is 22.1 Å². The molecule has 0 fully saturated rings. The highest BCUT2D eigenvalue weighted by molar-refractivity contribution is 7.89. The van der Waals surface area contributed by atoms with Crippen LogP contribution < -0.4 is 21.1 Å². The number of hydrogen-bond acceptors (Lipinski definition) is 11. The molecule has 1 aliphatic rings. The Hall–Kier alpha value is -3.95. The monoisotopic (exact) mass is 566 g/mol. The van der Waals surface area contributed by atoms with E-state index in [9.17, 15) is 18.0 Å². The number of pyridine rings is 1. The number of nitrogens with one attached hydrogen (secondary N) is 1. The number of benzene rings is 1. The highest BCUT2D eigenvalue weighted by atomic mass is 32.2. The Morgan fingerprint density at radius 1 is 1.05 bits per heavy atom. The zero-order chi connectivity index (χ0) is 26.6. The van der Waals surface area contributed by atoms with Crippen molar-refractivity contribution in [3.63, 3.8) is 0 Å². The van der Waals surface area contributed by atoms with E-state index in [-0.39, 0.29) is 21.9 Å². The maximum atomic E-state index is 14.0. The zero-order valence-electron chi connectivity index (χ0n) is 19.6. The molecule has 38 heavy (non-hydrogen) atoms. The Morgan fingerprint density at radius 2 is 1.74 bits per heavy atom. The molecule has 0 amide bonds. The van der Waals surface area contributed by atoms with Gasteiger partial charge in [-0.3, -0.25) is 4.79 Å². The Bertz CT molecular complexity index is 1850. The summed E-state index contributed by atoms with van der Waals surface area (Å²) in [6.07, 6.45) is -1.22. The number of carbonyl (C=O) groups excluding carboxylic acids is 1. The molecule has 6 rings (SSSR count). The van der Waals surface area contributed by atoms with Gasteiger partial charge in [-0.05, 0) is 53.2 Å². The number of thiophene rings is 2. The molecular formula is C24H18N6O5S3. The number of ether oxygens (including phenoxy) is 1. The Balaban J connectivity index is 1.62. The SMILES string of the molecule is COC(=O)C1NN(c2ccc(S(N)(=O)=O)cc2)c2nc3nc(-c4cccs4)cc(-c4cccs4)c3c(=O)n21. The van der Waals surface area contributed by atoms with Crippen LogP contribution in [0, 0.1) is 0 Å². The molecule has 1 atom stereocenters. The summed E-state index contributed by atoms with van der Waals surface area (Å²) in [5.41, 5.74) is 4.40. The summed E-state index contributed by atoms with van der Waals surface area (Å²) in [5, 5.41) is 10.8. The van der Waals surface area contributed by atoms with Crippen molar-refractivity contribution >= 4 is 61.3 Å². The molecule has 1 aliphatic heterocycles. The van der Waals surface area contributed by atoms with Gasteiger partial charge in [-0.15, -0.1) is 22.7 Å². The minimum Gasteiger partial charge on any atom is -0.466 e. The summed E-state index contributed by atoms with van der Waals surface area (Å²) in [7, 11) is -2.69. The Kier molecular flexibility index (Phi) is 5.85. The van der Waals surface area contributed by atoms with Gasteiger partial charge in [0.1, 0.15) is 0 Å². The normalized spacial score (nSPS) is 15.1. The number of aromatic nitrogens is 3. The van der Waals surface area contributed by atoms with E-state index in [1.54, 1.807) is 0 Å². The first-order valence-corrected chi connectivity index (χ1v) is 14.4. The number of nitrogens with zero attached hydrogens (tertiary/aromatic N) is 4. The third-order valence-electron chi connectivity index (χ3n) is 5.97. The first-order chi connectivity index (χ1) is 18.3. The molecule has 0 spiro atoms. The second-order valence-corrected chi connectivity index (χ2v) is 11.7. The fourth-order valence-electron chi connectivity index (χ4n) is 4.23. The average molecular weight is 567 g/mol. The molecule has 1 unspecified atom stereocenters. The highest BCUT2D eigenvalue weighted by Gasteiger charge is 2.38. The van der Waals surface area contributed by atoms with Crippen LogP contribution in [0.25, 0.3) is 32.0 Å². The van der Waals surface area contributed by atoms with Gasteiger partial charge in [-0.1, -0.05) is 12.1 Å². The molecule has 14 heteroatoms. The third-order valence-corrected chi connectivity index (χ3v) is 8.70. The van der Waals surface area contributed by atoms with Crippen molar-refractivity contribution in [3.8, 4) is 21.0 Å². The molecule has 0 saturated heterocycles. The van der Waals surface area contributed by atoms with Crippen molar-refractivity contribution < 1.29 is 17.9 Å². The molecule has 192 valence electrons. The highest BCUT2D eigenvalue weighted by Crippen LogP contribution is 2.37. The molecule has 5 aromatic rings. The molecule has 0 radical (unpaired) electrons. The van der Waals surface area contributed by atoms with Gasteiger partial charge in [0.25, 0.3) is 5.56 Å². The van der Waals surface area contributed by atoms with Crippen LogP contribution in [-0.2, 0) is 19.6 Å². The van der Waals surface area contributed by atoms with Crippen molar-refractivity contribution in [1.82, 2.24) is 20.0 Å². The zero-order valence-corrected chi connectivity index (χ0v) is 22.0. The summed E-state index contributed by atoms with van der Waals surface area (Å²) < 4.78 is 29.6. The minimum atomic E-state index is -3.91. The number of sulfonamides is 1. The molecule has 3 N–H and O–H groups in total. The van der Waals surface area contributed by atoms with Crippen molar-refractivity contribution in [1.29, 1.82) is 0 Å². The number of primary sulfonamides is 1. The largest absolute Gasteiger partial charge is 0.466 e. The number of nitrogens with two attached hydrogens (primary N) is 1. The van der Waals surface area contributed by atoms with E-state index in [4.69, 9.17) is 19.8 Å². The fourth-order valence-corrected chi connectivity index (χ4v) is 6.18. The summed E-state index contributed by atoms with van der Waals surface area (Å²) in [6.45, 7) is 0. The first kappa shape index (κ1) is 24.4. The van der Waals surface area contributed by atoms with Crippen LogP contribution in [0.15, 0.2) is 75.0 Å². The van der Waals surface area contributed by atoms with E-state index < -0.39 is 27.7 Å². The quantitative estimate of drug-likeness (QED) is 0.306. The van der Waals surface area contributed by atoms with Crippen molar-refractivity contribution in [3.05, 3.63) is 75.7 Å². The van der Waals surface area contributed by atoms with Crippen LogP contribution >= 0.6 is 22.7 Å². The van der Waals surface area contributed by atoms with Crippen LogP contribution in [0.3, 0.4) is 0 Å². The fraction of sp³-hybridized carbons (Fsp3) is 0.0833. The van der Waals surface area contributed by atoms with E-state index in [1.165, 1.54) is 63.6 Å². The lowest BCUT2D eigenvalue weighted by Crippen LogP contribution is -2.37. The molecule has 1 aromatic carbocycles. The number of methoxy groups -OCH3 is 1. The minimum absolute atomic E-state index is 0.0864. The maximum absolute atomic E-state index is 14.0. The number of fused-ring (bicyclic) bond motifs is 2. The molecular weight excluding hydrogens is 549 g/mol. The number of carbonyl (C=O) groups is 1. The van der Waals surface area contributed by atoms with Crippen LogP contribution in [-0.4, -0.2) is 36.0 Å². The predicted molar refractivity (Wildman–Crippen MR) is 145 cm³/mol. The average Bonchev–Trinajstić information content (AvgIpc) is 3.69. The molecule has 0 bridgehead atoms. The maximum Gasteiger partial charge on any atom is 0.345 e. The lowest BCUT2D eigenvalue weighted by Gasteiger charge is -2.18. The second-order valence-electron chi connectivity index (χ2n) is 8.22. The van der Waals surface area contributed by atoms with E-state index in [2.05, 4.69) is 5.43 Å². The third kappa shape index (κ3) is 3.99. The summed E-state index contributed by atoms with van der Waals surface area (Å²) in [4.78, 5) is 37.9. The van der Waals surface area contributed by atoms with Crippen molar-refractivity contribution in [2.75, 3.05) is 12.1 Å². The van der Waals surface area contributed by atoms with Gasteiger partial charge >= 0.3 is 5.97 Å². The Labute approximate surface area is 223 Å². The van der Waals surface area contributed by atoms with Crippen molar-refractivity contribution in [2.45, 2.75) is 11.1 Å². The molecule has 0 saturated carbocycles. The second kappa shape index (κ2) is 9.11. The van der Waals surface area contributed by atoms with Gasteiger partial charge in [0.05, 0.1) is 33.6 Å². The molecule has 5 heterocycles. The summed E-state index contributed by atoms with van der Waals surface area (Å²) >= 11 is 2.99. The number of hydrogen-bond donors (Lipinski definition) is 2. The number of hydrazine groups is 1. The summed E-state index contributed by atoms with van der Waals surface area (Å²) in [6, 6.07) is 15.1. The lowest BCUT2D eigenvalue weighted by molar-refractivity contribution is -0.145. The van der Waals surface area contributed by atoms with Gasteiger partial charge in [0.15, 0.2) is 5.65 Å². The van der Waals surface area contributed by atoms with Crippen molar-refractivity contribution in [2.24, 2.45) is 5.14 Å². The first-order valence-electron chi connectivity index (χ1n) is 11.1.